The molecular weight excluding hydrogens is 271 g/mol. The van der Waals surface area contributed by atoms with Crippen LogP contribution in [-0.2, 0) is 22.1 Å². The van der Waals surface area contributed by atoms with Crippen LogP contribution < -0.4 is 0 Å². The summed E-state index contributed by atoms with van der Waals surface area (Å²) in [7, 11) is 0. The quantitative estimate of drug-likeness (QED) is 0.782. The number of alkyl halides is 3. The monoisotopic (exact) mass is 285 g/mol. The highest BCUT2D eigenvalue weighted by atomic mass is 19.4. The molecule has 0 atom stereocenters. The number of nitrogens with zero attached hydrogens (tertiary/aromatic N) is 1. The number of halogens is 3. The normalized spacial score (nSPS) is 11.8. The minimum absolute atomic E-state index is 0.0663. The Morgan fingerprint density at radius 3 is 2.35 bits per heavy atom. The first-order valence-electron chi connectivity index (χ1n) is 5.85. The average Bonchev–Trinajstić information content (AvgIpc) is 2.24. The van der Waals surface area contributed by atoms with Crippen LogP contribution in [0.1, 0.15) is 37.5 Å². The zero-order valence-corrected chi connectivity index (χ0v) is 11.3. The minimum Gasteiger partial charge on any atom is -0.460 e. The largest absolute Gasteiger partial charge is 0.460 e. The predicted octanol–water partition coefficient (Wildman–Crippen LogP) is 3.46. The summed E-state index contributed by atoms with van der Waals surface area (Å²) in [5.74, 6) is -0.766. The lowest BCUT2D eigenvalue weighted by atomic mass is 10.0. The maximum atomic E-state index is 12.8. The van der Waals surface area contributed by atoms with E-state index in [2.05, 4.69) is 0 Å². The Kier molecular flexibility index (Phi) is 4.43. The van der Waals surface area contributed by atoms with E-state index in [1.165, 1.54) is 0 Å². The summed E-state index contributed by atoms with van der Waals surface area (Å²) in [5.41, 5.74) is -1.90. The summed E-state index contributed by atoms with van der Waals surface area (Å²) >= 11 is 0. The molecule has 0 heterocycles. The first-order chi connectivity index (χ1) is 9.03. The Bertz CT molecular complexity index is 551. The lowest BCUT2D eigenvalue weighted by Gasteiger charge is -2.20. The molecule has 1 aromatic carbocycles. The van der Waals surface area contributed by atoms with E-state index >= 15 is 0 Å². The number of rotatable bonds is 2. The molecule has 0 aliphatic carbocycles. The van der Waals surface area contributed by atoms with Crippen LogP contribution in [0.2, 0.25) is 0 Å². The topological polar surface area (TPSA) is 50.1 Å². The molecule has 1 aromatic rings. The highest BCUT2D eigenvalue weighted by Gasteiger charge is 2.34. The number of hydrogen-bond donors (Lipinski definition) is 0. The molecule has 0 bridgehead atoms. The fourth-order valence-corrected chi connectivity index (χ4v) is 1.62. The number of carbonyl (C=O) groups is 1. The molecule has 3 nitrogen and oxygen atoms in total. The van der Waals surface area contributed by atoms with Crippen LogP contribution in [0, 0.1) is 11.3 Å². The molecule has 20 heavy (non-hydrogen) atoms. The predicted molar refractivity (Wildman–Crippen MR) is 65.7 cm³/mol. The van der Waals surface area contributed by atoms with Gasteiger partial charge in [-0.05, 0) is 44.5 Å². The van der Waals surface area contributed by atoms with Gasteiger partial charge in [0.15, 0.2) is 0 Å². The Balaban J connectivity index is 3.09. The number of nitriles is 1. The van der Waals surface area contributed by atoms with Crippen molar-refractivity contribution in [2.75, 3.05) is 0 Å². The highest BCUT2D eigenvalue weighted by molar-refractivity contribution is 5.73. The molecule has 108 valence electrons. The molecule has 0 fully saturated rings. The molecule has 0 aromatic heterocycles. The SMILES string of the molecule is CC(C)(C)OC(=O)Cc1cc(C#N)ccc1C(F)(F)F. The van der Waals surface area contributed by atoms with E-state index in [1.54, 1.807) is 26.8 Å². The Hall–Kier alpha value is -2.03. The first kappa shape index (κ1) is 16.0. The number of ether oxygens (including phenoxy) is 1. The minimum atomic E-state index is -4.58. The third-order valence-electron chi connectivity index (χ3n) is 2.29. The molecule has 0 saturated carbocycles. The standard InChI is InChI=1S/C14H14F3NO2/c1-13(2,3)20-12(19)7-10-6-9(8-18)4-5-11(10)14(15,16)17/h4-6H,7H2,1-3H3. The van der Waals surface area contributed by atoms with Gasteiger partial charge in [-0.25, -0.2) is 0 Å². The summed E-state index contributed by atoms with van der Waals surface area (Å²) < 4.78 is 43.5. The van der Waals surface area contributed by atoms with Crippen LogP contribution in [0.4, 0.5) is 13.2 Å². The molecule has 0 aliphatic heterocycles. The maximum Gasteiger partial charge on any atom is 0.416 e. The van der Waals surface area contributed by atoms with Gasteiger partial charge in [-0.15, -0.1) is 0 Å². The molecule has 0 radical (unpaired) electrons. The summed E-state index contributed by atoms with van der Waals surface area (Å²) in [6.45, 7) is 4.88. The van der Waals surface area contributed by atoms with Gasteiger partial charge in [-0.2, -0.15) is 18.4 Å². The van der Waals surface area contributed by atoms with Gasteiger partial charge in [0, 0.05) is 0 Å². The van der Waals surface area contributed by atoms with E-state index in [4.69, 9.17) is 10.00 Å². The van der Waals surface area contributed by atoms with Crippen molar-refractivity contribution in [3.63, 3.8) is 0 Å². The van der Waals surface area contributed by atoms with Gasteiger partial charge in [0.05, 0.1) is 23.6 Å². The molecule has 6 heteroatoms. The summed E-state index contributed by atoms with van der Waals surface area (Å²) in [5, 5.41) is 8.73. The van der Waals surface area contributed by atoms with Crippen molar-refractivity contribution in [2.45, 2.75) is 39.0 Å². The van der Waals surface area contributed by atoms with Crippen molar-refractivity contribution in [2.24, 2.45) is 0 Å². The van der Waals surface area contributed by atoms with Gasteiger partial charge in [0.25, 0.3) is 0 Å². The van der Waals surface area contributed by atoms with E-state index in [-0.39, 0.29) is 11.1 Å². The third-order valence-corrected chi connectivity index (χ3v) is 2.29. The van der Waals surface area contributed by atoms with Crippen molar-refractivity contribution in [3.05, 3.63) is 34.9 Å². The zero-order chi connectivity index (χ0) is 15.6. The lowest BCUT2D eigenvalue weighted by Crippen LogP contribution is -2.25. The number of carbonyl (C=O) groups excluding carboxylic acids is 1. The van der Waals surface area contributed by atoms with Crippen molar-refractivity contribution >= 4 is 5.97 Å². The van der Waals surface area contributed by atoms with E-state index in [0.29, 0.717) is 0 Å². The number of esters is 1. The van der Waals surface area contributed by atoms with Crippen LogP contribution in [-0.4, -0.2) is 11.6 Å². The molecule has 0 N–H and O–H groups in total. The van der Waals surface area contributed by atoms with Gasteiger partial charge in [-0.3, -0.25) is 4.79 Å². The Morgan fingerprint density at radius 2 is 1.90 bits per heavy atom. The average molecular weight is 285 g/mol. The van der Waals surface area contributed by atoms with E-state index in [1.807, 2.05) is 0 Å². The Labute approximate surface area is 115 Å². The number of benzene rings is 1. The molecule has 0 aliphatic rings. The van der Waals surface area contributed by atoms with Gasteiger partial charge >= 0.3 is 12.1 Å². The molecule has 0 saturated heterocycles. The molecule has 0 amide bonds. The van der Waals surface area contributed by atoms with Gasteiger partial charge in [0.2, 0.25) is 0 Å². The molecule has 1 rings (SSSR count). The van der Waals surface area contributed by atoms with E-state index in [0.717, 1.165) is 18.2 Å². The molecule has 0 spiro atoms. The van der Waals surface area contributed by atoms with Crippen LogP contribution in [0.15, 0.2) is 18.2 Å². The van der Waals surface area contributed by atoms with Crippen molar-refractivity contribution in [1.29, 1.82) is 5.26 Å². The van der Waals surface area contributed by atoms with E-state index < -0.39 is 29.7 Å². The summed E-state index contributed by atoms with van der Waals surface area (Å²) in [6.07, 6.45) is -5.10. The van der Waals surface area contributed by atoms with Crippen LogP contribution >= 0.6 is 0 Å². The molecular formula is C14H14F3NO2. The Morgan fingerprint density at radius 1 is 1.30 bits per heavy atom. The van der Waals surface area contributed by atoms with Gasteiger partial charge < -0.3 is 4.74 Å². The van der Waals surface area contributed by atoms with E-state index in [9.17, 15) is 18.0 Å². The fraction of sp³-hybridized carbons (Fsp3) is 0.429. The van der Waals surface area contributed by atoms with Gasteiger partial charge in [0.1, 0.15) is 5.60 Å². The van der Waals surface area contributed by atoms with Crippen LogP contribution in [0.25, 0.3) is 0 Å². The van der Waals surface area contributed by atoms with Crippen LogP contribution in [0.3, 0.4) is 0 Å². The summed E-state index contributed by atoms with van der Waals surface area (Å²) in [6, 6.07) is 4.68. The lowest BCUT2D eigenvalue weighted by molar-refractivity contribution is -0.154. The zero-order valence-electron chi connectivity index (χ0n) is 11.3. The van der Waals surface area contributed by atoms with Crippen molar-refractivity contribution < 1.29 is 22.7 Å². The highest BCUT2D eigenvalue weighted by Crippen LogP contribution is 2.33. The maximum absolute atomic E-state index is 12.8. The molecule has 0 unspecified atom stereocenters. The van der Waals surface area contributed by atoms with Crippen molar-refractivity contribution in [3.8, 4) is 6.07 Å². The second kappa shape index (κ2) is 5.53. The first-order valence-corrected chi connectivity index (χ1v) is 5.85. The smallest absolute Gasteiger partial charge is 0.416 e. The second-order valence-electron chi connectivity index (χ2n) is 5.24. The third kappa shape index (κ3) is 4.57. The van der Waals surface area contributed by atoms with Gasteiger partial charge in [-0.1, -0.05) is 0 Å². The number of hydrogen-bond acceptors (Lipinski definition) is 3. The summed E-state index contributed by atoms with van der Waals surface area (Å²) in [4.78, 5) is 11.6. The second-order valence-corrected chi connectivity index (χ2v) is 5.24. The fourth-order valence-electron chi connectivity index (χ4n) is 1.62. The van der Waals surface area contributed by atoms with Crippen molar-refractivity contribution in [1.82, 2.24) is 0 Å². The van der Waals surface area contributed by atoms with Crippen LogP contribution in [0.5, 0.6) is 0 Å².